The highest BCUT2D eigenvalue weighted by Crippen LogP contribution is 2.52. The van der Waals surface area contributed by atoms with Gasteiger partial charge in [-0.05, 0) is 30.2 Å². The van der Waals surface area contributed by atoms with E-state index in [2.05, 4.69) is 61.3 Å². The quantitative estimate of drug-likeness (QED) is 0.870. The first-order valence-electron chi connectivity index (χ1n) is 9.59. The second-order valence-electron chi connectivity index (χ2n) is 7.76. The van der Waals surface area contributed by atoms with Gasteiger partial charge >= 0.3 is 0 Å². The predicted molar refractivity (Wildman–Crippen MR) is 109 cm³/mol. The van der Waals surface area contributed by atoms with E-state index >= 15 is 0 Å². The maximum absolute atomic E-state index is 12.4. The van der Waals surface area contributed by atoms with Gasteiger partial charge in [-0.3, -0.25) is 4.79 Å². The molecular formula is C23H26N2O2. The number of ether oxygens (including phenoxy) is 1. The van der Waals surface area contributed by atoms with Crippen LogP contribution in [0.2, 0.25) is 0 Å². The summed E-state index contributed by atoms with van der Waals surface area (Å²) in [6.07, 6.45) is 5.18. The summed E-state index contributed by atoms with van der Waals surface area (Å²) in [7, 11) is 0. The highest BCUT2D eigenvalue weighted by Gasteiger charge is 2.59. The molecule has 0 aromatic heterocycles. The molecule has 1 N–H and O–H groups in total. The van der Waals surface area contributed by atoms with Crippen molar-refractivity contribution in [3.63, 3.8) is 0 Å². The lowest BCUT2D eigenvalue weighted by Crippen LogP contribution is -2.58. The van der Waals surface area contributed by atoms with Gasteiger partial charge in [0, 0.05) is 16.7 Å². The van der Waals surface area contributed by atoms with Gasteiger partial charge in [-0.25, -0.2) is 0 Å². The van der Waals surface area contributed by atoms with Gasteiger partial charge in [0.1, 0.15) is 11.4 Å². The van der Waals surface area contributed by atoms with Crippen molar-refractivity contribution >= 4 is 17.7 Å². The molecular weight excluding hydrogens is 336 g/mol. The Balaban J connectivity index is 1.77. The van der Waals surface area contributed by atoms with Crippen molar-refractivity contribution in [3.05, 3.63) is 65.7 Å². The molecule has 0 radical (unpaired) electrons. The van der Waals surface area contributed by atoms with E-state index in [4.69, 9.17) is 4.74 Å². The van der Waals surface area contributed by atoms with Gasteiger partial charge in [0.2, 0.25) is 5.91 Å². The molecule has 2 aromatic carbocycles. The highest BCUT2D eigenvalue weighted by molar-refractivity contribution is 5.91. The average Bonchev–Trinajstić information content (AvgIpc) is 3.10. The fourth-order valence-corrected chi connectivity index (χ4v) is 4.31. The molecule has 2 aliphatic heterocycles. The lowest BCUT2D eigenvalue weighted by molar-refractivity contribution is -0.118. The monoisotopic (exact) mass is 362 g/mol. The van der Waals surface area contributed by atoms with Gasteiger partial charge in [-0.1, -0.05) is 63.2 Å². The Labute approximate surface area is 160 Å². The smallest absolute Gasteiger partial charge is 0.241 e. The van der Waals surface area contributed by atoms with E-state index in [1.54, 1.807) is 0 Å². The first kappa shape index (κ1) is 17.7. The maximum atomic E-state index is 12.4. The molecule has 0 saturated carbocycles. The predicted octanol–water partition coefficient (Wildman–Crippen LogP) is 4.11. The molecule has 1 fully saturated rings. The fraction of sp³-hybridized carbons (Fsp3) is 0.348. The van der Waals surface area contributed by atoms with E-state index in [1.165, 1.54) is 5.56 Å². The lowest BCUT2D eigenvalue weighted by Gasteiger charge is -2.40. The molecule has 4 nitrogen and oxygen atoms in total. The topological polar surface area (TPSA) is 41.6 Å². The van der Waals surface area contributed by atoms with Crippen LogP contribution in [0.1, 0.15) is 38.3 Å². The zero-order chi connectivity index (χ0) is 19.1. The van der Waals surface area contributed by atoms with Crippen molar-refractivity contribution in [3.8, 4) is 5.75 Å². The van der Waals surface area contributed by atoms with E-state index in [-0.39, 0.29) is 11.3 Å². The minimum atomic E-state index is -0.578. The van der Waals surface area contributed by atoms with E-state index < -0.39 is 5.66 Å². The van der Waals surface area contributed by atoms with E-state index in [0.29, 0.717) is 13.2 Å². The molecule has 27 heavy (non-hydrogen) atoms. The van der Waals surface area contributed by atoms with Crippen molar-refractivity contribution in [1.82, 2.24) is 5.32 Å². The molecule has 0 unspecified atom stereocenters. The molecule has 4 heteroatoms. The zero-order valence-corrected chi connectivity index (χ0v) is 16.2. The van der Waals surface area contributed by atoms with Gasteiger partial charge in [0.15, 0.2) is 0 Å². The summed E-state index contributed by atoms with van der Waals surface area (Å²) in [6.45, 7) is 7.55. The Morgan fingerprint density at radius 3 is 2.70 bits per heavy atom. The molecule has 2 heterocycles. The van der Waals surface area contributed by atoms with Crippen molar-refractivity contribution in [1.29, 1.82) is 0 Å². The van der Waals surface area contributed by atoms with Crippen LogP contribution in [0.25, 0.3) is 6.08 Å². The first-order chi connectivity index (χ1) is 13.0. The number of hydrogen-bond acceptors (Lipinski definition) is 3. The summed E-state index contributed by atoms with van der Waals surface area (Å²) in [5, 5.41) is 3.26. The Kier molecular flexibility index (Phi) is 4.22. The number of hydrogen-bond donors (Lipinski definition) is 1. The second-order valence-corrected chi connectivity index (χ2v) is 7.76. The van der Waals surface area contributed by atoms with Crippen molar-refractivity contribution in [2.75, 3.05) is 18.1 Å². The largest absolute Gasteiger partial charge is 0.493 e. The van der Waals surface area contributed by atoms with Crippen LogP contribution >= 0.6 is 0 Å². The summed E-state index contributed by atoms with van der Waals surface area (Å²) in [5.41, 5.74) is 2.57. The Morgan fingerprint density at radius 1 is 1.15 bits per heavy atom. The Hall–Kier alpha value is -2.75. The minimum absolute atomic E-state index is 0.0535. The van der Waals surface area contributed by atoms with Crippen LogP contribution in [0.5, 0.6) is 5.75 Å². The van der Waals surface area contributed by atoms with Gasteiger partial charge in [-0.2, -0.15) is 0 Å². The van der Waals surface area contributed by atoms with Crippen LogP contribution in [0.15, 0.2) is 54.6 Å². The van der Waals surface area contributed by atoms with Gasteiger partial charge in [-0.15, -0.1) is 0 Å². The summed E-state index contributed by atoms with van der Waals surface area (Å²) < 4.78 is 5.89. The van der Waals surface area contributed by atoms with E-state index in [0.717, 1.165) is 23.4 Å². The Morgan fingerprint density at radius 2 is 1.89 bits per heavy atom. The molecule has 4 rings (SSSR count). The lowest BCUT2D eigenvalue weighted by atomic mass is 9.75. The summed E-state index contributed by atoms with van der Waals surface area (Å²) in [4.78, 5) is 14.6. The number of anilines is 1. The third-order valence-electron chi connectivity index (χ3n) is 5.76. The number of nitrogens with zero attached hydrogens (tertiary/aromatic N) is 1. The molecule has 0 aliphatic carbocycles. The number of fused-ring (bicyclic) bond motifs is 3. The van der Waals surface area contributed by atoms with Gasteiger partial charge < -0.3 is 15.0 Å². The third kappa shape index (κ3) is 2.62. The average molecular weight is 362 g/mol. The number of rotatable bonds is 5. The SMILES string of the molecule is CCCOc1ccccc1/C=C/[C@@]12NC(=O)CN1c1ccccc1C2(C)C. The maximum Gasteiger partial charge on any atom is 0.241 e. The normalized spacial score (nSPS) is 22.6. The van der Waals surface area contributed by atoms with Crippen LogP contribution in [0.4, 0.5) is 5.69 Å². The summed E-state index contributed by atoms with van der Waals surface area (Å²) >= 11 is 0. The molecule has 1 amide bonds. The molecule has 140 valence electrons. The standard InChI is InChI=1S/C23H26N2O2/c1-4-15-27-20-12-8-5-9-17(20)13-14-23-22(2,3)18-10-6-7-11-19(18)25(23)16-21(26)24-23/h5-14H,4,15-16H2,1-3H3,(H,24,26)/b14-13+/t23-/m1/s1. The molecule has 0 bridgehead atoms. The minimum Gasteiger partial charge on any atom is -0.493 e. The van der Waals surface area contributed by atoms with E-state index in [1.807, 2.05) is 30.3 Å². The van der Waals surface area contributed by atoms with Crippen LogP contribution < -0.4 is 15.0 Å². The number of para-hydroxylation sites is 2. The third-order valence-corrected chi connectivity index (χ3v) is 5.76. The number of benzene rings is 2. The van der Waals surface area contributed by atoms with Gasteiger partial charge in [0.25, 0.3) is 0 Å². The van der Waals surface area contributed by atoms with Crippen molar-refractivity contribution in [2.45, 2.75) is 38.3 Å². The second kappa shape index (κ2) is 6.45. The molecule has 1 atom stereocenters. The highest BCUT2D eigenvalue weighted by atomic mass is 16.5. The first-order valence-corrected chi connectivity index (χ1v) is 9.59. The zero-order valence-electron chi connectivity index (χ0n) is 16.2. The van der Waals surface area contributed by atoms with E-state index in [9.17, 15) is 4.79 Å². The number of carbonyl (C=O) groups excluding carboxylic acids is 1. The van der Waals surface area contributed by atoms with Crippen LogP contribution in [-0.4, -0.2) is 24.7 Å². The molecule has 2 aliphatic rings. The Bertz CT molecular complexity index is 903. The van der Waals surface area contributed by atoms with Crippen molar-refractivity contribution in [2.24, 2.45) is 0 Å². The fourth-order valence-electron chi connectivity index (χ4n) is 4.31. The number of nitrogens with one attached hydrogen (secondary N) is 1. The van der Waals surface area contributed by atoms with Crippen LogP contribution in [0, 0.1) is 0 Å². The van der Waals surface area contributed by atoms with Crippen LogP contribution in [0.3, 0.4) is 0 Å². The molecule has 2 aromatic rings. The van der Waals surface area contributed by atoms with Crippen molar-refractivity contribution < 1.29 is 9.53 Å². The summed E-state index contributed by atoms with van der Waals surface area (Å²) in [5.74, 6) is 0.925. The van der Waals surface area contributed by atoms with Gasteiger partial charge in [0.05, 0.1) is 13.2 Å². The van der Waals surface area contributed by atoms with Crippen LogP contribution in [-0.2, 0) is 10.2 Å². The molecule has 1 saturated heterocycles. The molecule has 0 spiro atoms. The summed E-state index contributed by atoms with van der Waals surface area (Å²) in [6, 6.07) is 16.4. The number of carbonyl (C=O) groups is 1. The number of amides is 1.